The Kier molecular flexibility index (Phi) is 3.88. The molecule has 0 amide bonds. The van der Waals surface area contributed by atoms with E-state index in [1.165, 1.54) is 6.07 Å². The number of halogens is 2. The quantitative estimate of drug-likeness (QED) is 0.923. The summed E-state index contributed by atoms with van der Waals surface area (Å²) >= 11 is 6.21. The maximum atomic E-state index is 13.5. The summed E-state index contributed by atoms with van der Waals surface area (Å²) in [6.45, 7) is 3.27. The number of ether oxygens (including phenoxy) is 2. The molecular weight excluding hydrogens is 293 g/mol. The Morgan fingerprint density at radius 2 is 1.86 bits per heavy atom. The van der Waals surface area contributed by atoms with E-state index in [0.29, 0.717) is 41.8 Å². The van der Waals surface area contributed by atoms with Gasteiger partial charge < -0.3 is 14.8 Å². The molecule has 0 unspecified atom stereocenters. The summed E-state index contributed by atoms with van der Waals surface area (Å²) in [5, 5.41) is 3.74. The maximum absolute atomic E-state index is 13.5. The number of benzene rings is 2. The highest BCUT2D eigenvalue weighted by atomic mass is 35.5. The second-order valence-corrected chi connectivity index (χ2v) is 5.32. The lowest BCUT2D eigenvalue weighted by atomic mass is 10.1. The zero-order chi connectivity index (χ0) is 14.8. The number of hydrogen-bond donors (Lipinski definition) is 1. The highest BCUT2D eigenvalue weighted by Crippen LogP contribution is 2.38. The fourth-order valence-electron chi connectivity index (χ4n) is 2.14. The lowest BCUT2D eigenvalue weighted by molar-refractivity contribution is 0.171. The average molecular weight is 308 g/mol. The van der Waals surface area contributed by atoms with Crippen LogP contribution in [0, 0.1) is 12.7 Å². The first-order chi connectivity index (χ1) is 10.1. The van der Waals surface area contributed by atoms with Crippen LogP contribution in [-0.4, -0.2) is 13.2 Å². The molecule has 0 atom stereocenters. The first-order valence-corrected chi connectivity index (χ1v) is 7.09. The molecule has 0 radical (unpaired) electrons. The zero-order valence-corrected chi connectivity index (χ0v) is 12.3. The minimum absolute atomic E-state index is 0.206. The molecule has 1 N–H and O–H groups in total. The van der Waals surface area contributed by atoms with Crippen LogP contribution in [-0.2, 0) is 6.54 Å². The smallest absolute Gasteiger partial charge is 0.163 e. The molecular formula is C16H15ClFNO2. The zero-order valence-electron chi connectivity index (χ0n) is 11.6. The van der Waals surface area contributed by atoms with E-state index in [9.17, 15) is 4.39 Å². The Hall–Kier alpha value is -1.94. The first-order valence-electron chi connectivity index (χ1n) is 6.71. The monoisotopic (exact) mass is 307 g/mol. The van der Waals surface area contributed by atoms with Crippen molar-refractivity contribution in [3.63, 3.8) is 0 Å². The summed E-state index contributed by atoms with van der Waals surface area (Å²) < 4.78 is 24.5. The molecule has 3 nitrogen and oxygen atoms in total. The molecule has 3 rings (SSSR count). The van der Waals surface area contributed by atoms with Crippen LogP contribution in [0.5, 0.6) is 11.5 Å². The predicted octanol–water partition coefficient (Wildman–Crippen LogP) is 4.17. The predicted molar refractivity (Wildman–Crippen MR) is 80.9 cm³/mol. The third kappa shape index (κ3) is 3.05. The van der Waals surface area contributed by atoms with Crippen LogP contribution in [0.2, 0.25) is 5.02 Å². The van der Waals surface area contributed by atoms with Crippen LogP contribution >= 0.6 is 11.6 Å². The first kappa shape index (κ1) is 14.0. The van der Waals surface area contributed by atoms with Crippen LogP contribution in [0.4, 0.5) is 10.1 Å². The van der Waals surface area contributed by atoms with Crippen LogP contribution in [0.1, 0.15) is 11.1 Å². The van der Waals surface area contributed by atoms with Gasteiger partial charge in [0.25, 0.3) is 0 Å². The summed E-state index contributed by atoms with van der Waals surface area (Å²) in [5.74, 6) is 1.11. The number of nitrogens with one attached hydrogen (secondary N) is 1. The molecule has 0 saturated carbocycles. The average Bonchev–Trinajstić information content (AvgIpc) is 2.48. The van der Waals surface area contributed by atoms with Gasteiger partial charge in [-0.15, -0.1) is 0 Å². The van der Waals surface area contributed by atoms with Gasteiger partial charge in [0.05, 0.1) is 10.7 Å². The second kappa shape index (κ2) is 5.82. The molecule has 1 heterocycles. The van der Waals surface area contributed by atoms with Crippen molar-refractivity contribution in [2.45, 2.75) is 13.5 Å². The van der Waals surface area contributed by atoms with Crippen molar-refractivity contribution in [2.24, 2.45) is 0 Å². The lowest BCUT2D eigenvalue weighted by Gasteiger charge is -2.20. The normalized spacial score (nSPS) is 13.1. The molecule has 5 heteroatoms. The van der Waals surface area contributed by atoms with Crippen molar-refractivity contribution in [1.29, 1.82) is 0 Å². The van der Waals surface area contributed by atoms with Crippen LogP contribution in [0.25, 0.3) is 0 Å². The van der Waals surface area contributed by atoms with E-state index >= 15 is 0 Å². The van der Waals surface area contributed by atoms with Gasteiger partial charge in [-0.3, -0.25) is 0 Å². The van der Waals surface area contributed by atoms with Gasteiger partial charge in [0.1, 0.15) is 19.0 Å². The van der Waals surface area contributed by atoms with Gasteiger partial charge in [-0.2, -0.15) is 0 Å². The van der Waals surface area contributed by atoms with E-state index in [0.717, 1.165) is 11.3 Å². The SMILES string of the molecule is Cc1ccc(CNc2cc3c(cc2Cl)OCCO3)cc1F. The molecule has 2 aromatic rings. The van der Waals surface area contributed by atoms with Gasteiger partial charge in [0.15, 0.2) is 11.5 Å². The summed E-state index contributed by atoms with van der Waals surface area (Å²) in [7, 11) is 0. The van der Waals surface area contributed by atoms with Crippen molar-refractivity contribution in [2.75, 3.05) is 18.5 Å². The lowest BCUT2D eigenvalue weighted by Crippen LogP contribution is -2.15. The summed E-state index contributed by atoms with van der Waals surface area (Å²) in [6.07, 6.45) is 0. The molecule has 1 aliphatic rings. The van der Waals surface area contributed by atoms with Gasteiger partial charge in [-0.25, -0.2) is 4.39 Å². The minimum atomic E-state index is -0.206. The maximum Gasteiger partial charge on any atom is 0.163 e. The third-order valence-corrected chi connectivity index (χ3v) is 3.66. The Bertz CT molecular complexity index is 676. The third-order valence-electron chi connectivity index (χ3n) is 3.35. The fraction of sp³-hybridized carbons (Fsp3) is 0.250. The second-order valence-electron chi connectivity index (χ2n) is 4.91. The molecule has 0 saturated heterocycles. The van der Waals surface area contributed by atoms with Gasteiger partial charge in [-0.05, 0) is 24.1 Å². The van der Waals surface area contributed by atoms with E-state index in [4.69, 9.17) is 21.1 Å². The minimum Gasteiger partial charge on any atom is -0.486 e. The van der Waals surface area contributed by atoms with Crippen molar-refractivity contribution >= 4 is 17.3 Å². The topological polar surface area (TPSA) is 30.5 Å². The van der Waals surface area contributed by atoms with Gasteiger partial charge in [0.2, 0.25) is 0 Å². The van der Waals surface area contributed by atoms with E-state index in [1.54, 1.807) is 25.1 Å². The Morgan fingerprint density at radius 3 is 2.57 bits per heavy atom. The number of anilines is 1. The van der Waals surface area contributed by atoms with Gasteiger partial charge >= 0.3 is 0 Å². The van der Waals surface area contributed by atoms with Gasteiger partial charge in [-0.1, -0.05) is 23.7 Å². The van der Waals surface area contributed by atoms with E-state index in [1.807, 2.05) is 6.07 Å². The molecule has 2 aromatic carbocycles. The molecule has 0 bridgehead atoms. The molecule has 21 heavy (non-hydrogen) atoms. The summed E-state index contributed by atoms with van der Waals surface area (Å²) in [5.41, 5.74) is 2.22. The molecule has 0 aliphatic carbocycles. The number of rotatable bonds is 3. The van der Waals surface area contributed by atoms with Crippen LogP contribution in [0.15, 0.2) is 30.3 Å². The molecule has 0 aromatic heterocycles. The number of fused-ring (bicyclic) bond motifs is 1. The Labute approximate surface area is 127 Å². The van der Waals surface area contributed by atoms with Crippen molar-refractivity contribution in [3.05, 3.63) is 52.3 Å². The number of aryl methyl sites for hydroxylation is 1. The Balaban J connectivity index is 1.77. The molecule has 0 spiro atoms. The van der Waals surface area contributed by atoms with Crippen molar-refractivity contribution in [3.8, 4) is 11.5 Å². The highest BCUT2D eigenvalue weighted by molar-refractivity contribution is 6.33. The molecule has 110 valence electrons. The summed E-state index contributed by atoms with van der Waals surface area (Å²) in [6, 6.07) is 8.71. The molecule has 1 aliphatic heterocycles. The molecule has 0 fully saturated rings. The van der Waals surface area contributed by atoms with Gasteiger partial charge in [0, 0.05) is 18.7 Å². The Morgan fingerprint density at radius 1 is 1.14 bits per heavy atom. The largest absolute Gasteiger partial charge is 0.486 e. The van der Waals surface area contributed by atoms with Crippen LogP contribution in [0.3, 0.4) is 0 Å². The van der Waals surface area contributed by atoms with Crippen molar-refractivity contribution < 1.29 is 13.9 Å². The van der Waals surface area contributed by atoms with E-state index < -0.39 is 0 Å². The summed E-state index contributed by atoms with van der Waals surface area (Å²) in [4.78, 5) is 0. The fourth-order valence-corrected chi connectivity index (χ4v) is 2.36. The van der Waals surface area contributed by atoms with E-state index in [-0.39, 0.29) is 5.82 Å². The highest BCUT2D eigenvalue weighted by Gasteiger charge is 2.15. The standard InChI is InChI=1S/C16H15ClFNO2/c1-10-2-3-11(6-13(10)18)9-19-14-8-16-15(7-12(14)17)20-4-5-21-16/h2-3,6-8,19H,4-5,9H2,1H3. The van der Waals surface area contributed by atoms with E-state index in [2.05, 4.69) is 5.32 Å². The van der Waals surface area contributed by atoms with Crippen LogP contribution < -0.4 is 14.8 Å². The number of hydrogen-bond acceptors (Lipinski definition) is 3. The van der Waals surface area contributed by atoms with Crippen molar-refractivity contribution in [1.82, 2.24) is 0 Å².